The Hall–Kier alpha value is -2.93. The third kappa shape index (κ3) is 6.35. The Labute approximate surface area is 166 Å². The number of anilines is 1. The van der Waals surface area contributed by atoms with Gasteiger partial charge in [0.15, 0.2) is 17.5 Å². The molecule has 2 rings (SSSR count). The molecule has 28 heavy (non-hydrogen) atoms. The standard InChI is InChI=1S/C21H29N3O4/c1-5-22-21(23-11-12-28-15-16-9-7-6-8-10-16)24-17-13-18(25-2)20(27-4)19(14-17)26-3/h6-10,13-14H,5,11-12,15H2,1-4H3,(H2,22,23,24). The number of rotatable bonds is 10. The summed E-state index contributed by atoms with van der Waals surface area (Å²) < 4.78 is 21.8. The van der Waals surface area contributed by atoms with E-state index in [-0.39, 0.29) is 0 Å². The van der Waals surface area contributed by atoms with Crippen LogP contribution >= 0.6 is 0 Å². The summed E-state index contributed by atoms with van der Waals surface area (Å²) in [5.74, 6) is 2.35. The van der Waals surface area contributed by atoms with Crippen molar-refractivity contribution < 1.29 is 18.9 Å². The van der Waals surface area contributed by atoms with E-state index in [4.69, 9.17) is 18.9 Å². The van der Waals surface area contributed by atoms with Crippen molar-refractivity contribution >= 4 is 11.6 Å². The molecule has 7 heteroatoms. The molecule has 2 aromatic carbocycles. The van der Waals surface area contributed by atoms with Crippen LogP contribution in [0.5, 0.6) is 17.2 Å². The molecule has 0 unspecified atom stereocenters. The van der Waals surface area contributed by atoms with E-state index in [1.54, 1.807) is 21.3 Å². The van der Waals surface area contributed by atoms with Crippen LogP contribution in [-0.2, 0) is 11.3 Å². The third-order valence-electron chi connectivity index (χ3n) is 3.89. The van der Waals surface area contributed by atoms with Crippen LogP contribution < -0.4 is 24.8 Å². The lowest BCUT2D eigenvalue weighted by Crippen LogP contribution is -2.31. The topological polar surface area (TPSA) is 73.3 Å². The largest absolute Gasteiger partial charge is 0.493 e. The molecule has 0 aliphatic heterocycles. The van der Waals surface area contributed by atoms with Crippen LogP contribution in [0, 0.1) is 0 Å². The summed E-state index contributed by atoms with van der Waals surface area (Å²) >= 11 is 0. The van der Waals surface area contributed by atoms with Gasteiger partial charge in [-0.1, -0.05) is 30.3 Å². The molecule has 0 saturated carbocycles. The van der Waals surface area contributed by atoms with Crippen molar-refractivity contribution in [2.24, 2.45) is 4.99 Å². The van der Waals surface area contributed by atoms with Crippen molar-refractivity contribution in [1.82, 2.24) is 5.32 Å². The molecule has 2 aromatic rings. The third-order valence-corrected chi connectivity index (χ3v) is 3.89. The highest BCUT2D eigenvalue weighted by molar-refractivity contribution is 5.94. The fourth-order valence-corrected chi connectivity index (χ4v) is 2.58. The SMILES string of the molecule is CCNC(=NCCOCc1ccccc1)Nc1cc(OC)c(OC)c(OC)c1. The summed E-state index contributed by atoms with van der Waals surface area (Å²) in [6.07, 6.45) is 0. The van der Waals surface area contributed by atoms with Crippen LogP contribution in [0.1, 0.15) is 12.5 Å². The van der Waals surface area contributed by atoms with Gasteiger partial charge in [-0.2, -0.15) is 0 Å². The minimum absolute atomic E-state index is 0.528. The van der Waals surface area contributed by atoms with Gasteiger partial charge in [-0.25, -0.2) is 0 Å². The number of nitrogens with zero attached hydrogens (tertiary/aromatic N) is 1. The van der Waals surface area contributed by atoms with E-state index in [2.05, 4.69) is 15.6 Å². The molecule has 0 spiro atoms. The number of benzene rings is 2. The first-order valence-electron chi connectivity index (χ1n) is 9.18. The fourth-order valence-electron chi connectivity index (χ4n) is 2.58. The minimum atomic E-state index is 0.528. The lowest BCUT2D eigenvalue weighted by atomic mass is 10.2. The zero-order valence-electron chi connectivity index (χ0n) is 17.0. The summed E-state index contributed by atoms with van der Waals surface area (Å²) in [6.45, 7) is 4.39. The van der Waals surface area contributed by atoms with Gasteiger partial charge < -0.3 is 29.6 Å². The normalized spacial score (nSPS) is 11.1. The van der Waals surface area contributed by atoms with Crippen molar-refractivity contribution in [2.75, 3.05) is 46.3 Å². The molecule has 152 valence electrons. The maximum Gasteiger partial charge on any atom is 0.203 e. The molecular formula is C21H29N3O4. The van der Waals surface area contributed by atoms with Gasteiger partial charge in [0, 0.05) is 24.4 Å². The first-order chi connectivity index (χ1) is 13.7. The molecule has 0 atom stereocenters. The summed E-state index contributed by atoms with van der Waals surface area (Å²) in [7, 11) is 4.75. The van der Waals surface area contributed by atoms with Crippen LogP contribution in [0.3, 0.4) is 0 Å². The van der Waals surface area contributed by atoms with Crippen molar-refractivity contribution in [3.05, 3.63) is 48.0 Å². The van der Waals surface area contributed by atoms with E-state index in [1.807, 2.05) is 49.4 Å². The van der Waals surface area contributed by atoms with E-state index in [0.717, 1.165) is 17.8 Å². The summed E-state index contributed by atoms with van der Waals surface area (Å²) in [6, 6.07) is 13.7. The molecular weight excluding hydrogens is 358 g/mol. The predicted octanol–water partition coefficient (Wildman–Crippen LogP) is 3.31. The van der Waals surface area contributed by atoms with E-state index in [9.17, 15) is 0 Å². The first kappa shape index (κ1) is 21.4. The average Bonchev–Trinajstić information content (AvgIpc) is 2.73. The van der Waals surface area contributed by atoms with E-state index in [0.29, 0.717) is 43.0 Å². The number of hydrogen-bond acceptors (Lipinski definition) is 5. The number of nitrogens with one attached hydrogen (secondary N) is 2. The second kappa shape index (κ2) is 11.7. The molecule has 0 bridgehead atoms. The molecule has 0 saturated heterocycles. The second-order valence-electron chi connectivity index (χ2n) is 5.84. The highest BCUT2D eigenvalue weighted by Gasteiger charge is 2.13. The van der Waals surface area contributed by atoms with Crippen LogP contribution in [0.25, 0.3) is 0 Å². The quantitative estimate of drug-likeness (QED) is 0.370. The van der Waals surface area contributed by atoms with Gasteiger partial charge in [-0.05, 0) is 12.5 Å². The molecule has 0 amide bonds. The minimum Gasteiger partial charge on any atom is -0.493 e. The molecule has 0 aliphatic carbocycles. The molecule has 7 nitrogen and oxygen atoms in total. The zero-order chi connectivity index (χ0) is 20.2. The Bertz CT molecular complexity index is 726. The van der Waals surface area contributed by atoms with Crippen LogP contribution in [0.15, 0.2) is 47.5 Å². The van der Waals surface area contributed by atoms with Crippen molar-refractivity contribution in [1.29, 1.82) is 0 Å². The smallest absolute Gasteiger partial charge is 0.203 e. The van der Waals surface area contributed by atoms with Gasteiger partial charge in [-0.3, -0.25) is 4.99 Å². The van der Waals surface area contributed by atoms with Gasteiger partial charge in [0.25, 0.3) is 0 Å². The number of ether oxygens (including phenoxy) is 4. The van der Waals surface area contributed by atoms with E-state index < -0.39 is 0 Å². The Morgan fingerprint density at radius 3 is 2.21 bits per heavy atom. The lowest BCUT2D eigenvalue weighted by Gasteiger charge is -2.16. The maximum absolute atomic E-state index is 5.68. The van der Waals surface area contributed by atoms with Gasteiger partial charge in [0.1, 0.15) is 0 Å². The van der Waals surface area contributed by atoms with Crippen molar-refractivity contribution in [2.45, 2.75) is 13.5 Å². The monoisotopic (exact) mass is 387 g/mol. The van der Waals surface area contributed by atoms with Gasteiger partial charge in [0.05, 0.1) is 41.1 Å². The lowest BCUT2D eigenvalue weighted by molar-refractivity contribution is 0.128. The highest BCUT2D eigenvalue weighted by atomic mass is 16.5. The second-order valence-corrected chi connectivity index (χ2v) is 5.84. The van der Waals surface area contributed by atoms with Crippen LogP contribution in [0.4, 0.5) is 5.69 Å². The van der Waals surface area contributed by atoms with Gasteiger partial charge in [0.2, 0.25) is 5.75 Å². The molecule has 0 fully saturated rings. The maximum atomic E-state index is 5.68. The fraction of sp³-hybridized carbons (Fsp3) is 0.381. The molecule has 0 aromatic heterocycles. The highest BCUT2D eigenvalue weighted by Crippen LogP contribution is 2.39. The number of aliphatic imine (C=N–C) groups is 1. The van der Waals surface area contributed by atoms with Crippen molar-refractivity contribution in [3.63, 3.8) is 0 Å². The number of methoxy groups -OCH3 is 3. The average molecular weight is 387 g/mol. The molecule has 0 heterocycles. The van der Waals surface area contributed by atoms with Crippen LogP contribution in [0.2, 0.25) is 0 Å². The summed E-state index contributed by atoms with van der Waals surface area (Å²) in [5.41, 5.74) is 1.92. The molecule has 2 N–H and O–H groups in total. The summed E-state index contributed by atoms with van der Waals surface area (Å²) in [5, 5.41) is 6.47. The Kier molecular flexibility index (Phi) is 8.94. The Morgan fingerprint density at radius 1 is 0.964 bits per heavy atom. The van der Waals surface area contributed by atoms with E-state index >= 15 is 0 Å². The predicted molar refractivity (Wildman–Crippen MR) is 112 cm³/mol. The first-order valence-corrected chi connectivity index (χ1v) is 9.18. The van der Waals surface area contributed by atoms with Crippen molar-refractivity contribution in [3.8, 4) is 17.2 Å². The van der Waals surface area contributed by atoms with Gasteiger partial charge in [-0.15, -0.1) is 0 Å². The Morgan fingerprint density at radius 2 is 1.64 bits per heavy atom. The zero-order valence-corrected chi connectivity index (χ0v) is 17.0. The Balaban J connectivity index is 1.98. The molecule has 0 aliphatic rings. The number of guanidine groups is 1. The summed E-state index contributed by atoms with van der Waals surface area (Å²) in [4.78, 5) is 4.55. The number of hydrogen-bond donors (Lipinski definition) is 2. The van der Waals surface area contributed by atoms with Gasteiger partial charge >= 0.3 is 0 Å². The van der Waals surface area contributed by atoms with E-state index in [1.165, 1.54) is 0 Å². The molecule has 0 radical (unpaired) electrons. The van der Waals surface area contributed by atoms with Crippen LogP contribution in [-0.4, -0.2) is 47.0 Å².